The predicted octanol–water partition coefficient (Wildman–Crippen LogP) is 2.96. The molecule has 0 saturated heterocycles. The minimum atomic E-state index is -0.531. The molecule has 1 rings (SSSR count). The molecule has 2 N–H and O–H groups in total. The maximum absolute atomic E-state index is 9.02. The first-order valence-electron chi connectivity index (χ1n) is 4.82. The van der Waals surface area contributed by atoms with Gasteiger partial charge in [0.15, 0.2) is 0 Å². The fourth-order valence-electron chi connectivity index (χ4n) is 1.32. The summed E-state index contributed by atoms with van der Waals surface area (Å²) in [6, 6.07) is 10.1. The van der Waals surface area contributed by atoms with Crippen LogP contribution in [0.3, 0.4) is 0 Å². The van der Waals surface area contributed by atoms with E-state index < -0.39 is 5.41 Å². The molecule has 1 atom stereocenters. The van der Waals surface area contributed by atoms with Gasteiger partial charge < -0.3 is 5.73 Å². The fraction of sp³-hybridized carbons (Fsp3) is 0.417. The third-order valence-corrected chi connectivity index (χ3v) is 3.24. The molecular weight excluding hydrogens is 204 g/mol. The van der Waals surface area contributed by atoms with Gasteiger partial charge in [-0.25, -0.2) is 0 Å². The van der Waals surface area contributed by atoms with Gasteiger partial charge in [0.05, 0.1) is 11.5 Å². The van der Waals surface area contributed by atoms with Gasteiger partial charge in [-0.15, -0.1) is 11.8 Å². The lowest BCUT2D eigenvalue weighted by Crippen LogP contribution is -2.27. The molecule has 80 valence electrons. The molecule has 0 aliphatic rings. The number of hydrogen-bond donors (Lipinski definition) is 1. The number of nitriles is 1. The van der Waals surface area contributed by atoms with Gasteiger partial charge in [-0.3, -0.25) is 0 Å². The van der Waals surface area contributed by atoms with Crippen molar-refractivity contribution in [3.05, 3.63) is 29.8 Å². The van der Waals surface area contributed by atoms with Crippen molar-refractivity contribution in [3.63, 3.8) is 0 Å². The van der Waals surface area contributed by atoms with E-state index in [2.05, 4.69) is 12.1 Å². The smallest absolute Gasteiger partial charge is 0.0710 e. The van der Waals surface area contributed by atoms with Crippen LogP contribution in [-0.4, -0.2) is 6.26 Å². The van der Waals surface area contributed by atoms with Crippen LogP contribution in [0.4, 0.5) is 0 Å². The normalized spacial score (nSPS) is 13.3. The van der Waals surface area contributed by atoms with Crippen molar-refractivity contribution in [1.29, 1.82) is 5.26 Å². The molecule has 0 bridgehead atoms. The summed E-state index contributed by atoms with van der Waals surface area (Å²) in [5, 5.41) is 9.02. The summed E-state index contributed by atoms with van der Waals surface area (Å²) < 4.78 is 0. The first-order valence-corrected chi connectivity index (χ1v) is 6.04. The molecule has 0 aromatic heterocycles. The minimum Gasteiger partial charge on any atom is -0.323 e. The van der Waals surface area contributed by atoms with Crippen molar-refractivity contribution in [2.24, 2.45) is 11.1 Å². The van der Waals surface area contributed by atoms with Crippen molar-refractivity contribution >= 4 is 11.8 Å². The van der Waals surface area contributed by atoms with E-state index in [1.807, 2.05) is 38.3 Å². The van der Waals surface area contributed by atoms with Crippen LogP contribution >= 0.6 is 11.8 Å². The van der Waals surface area contributed by atoms with Crippen molar-refractivity contribution in [2.45, 2.75) is 24.8 Å². The molecule has 0 aliphatic carbocycles. The van der Waals surface area contributed by atoms with Crippen molar-refractivity contribution in [2.75, 3.05) is 6.26 Å². The van der Waals surface area contributed by atoms with Crippen LogP contribution in [0.1, 0.15) is 25.5 Å². The van der Waals surface area contributed by atoms with E-state index in [0.29, 0.717) is 0 Å². The van der Waals surface area contributed by atoms with Gasteiger partial charge in [0.25, 0.3) is 0 Å². The van der Waals surface area contributed by atoms with Crippen LogP contribution in [0.5, 0.6) is 0 Å². The zero-order chi connectivity index (χ0) is 11.5. The Morgan fingerprint density at radius 2 is 2.13 bits per heavy atom. The highest BCUT2D eigenvalue weighted by Gasteiger charge is 2.27. The molecule has 0 radical (unpaired) electrons. The van der Waals surface area contributed by atoms with E-state index in [0.717, 1.165) is 5.56 Å². The zero-order valence-electron chi connectivity index (χ0n) is 9.32. The molecule has 1 unspecified atom stereocenters. The molecule has 0 aliphatic heterocycles. The van der Waals surface area contributed by atoms with E-state index in [9.17, 15) is 0 Å². The molecule has 0 spiro atoms. The van der Waals surface area contributed by atoms with E-state index in [1.165, 1.54) is 4.90 Å². The molecule has 0 heterocycles. The quantitative estimate of drug-likeness (QED) is 0.797. The first kappa shape index (κ1) is 12.1. The molecule has 15 heavy (non-hydrogen) atoms. The zero-order valence-corrected chi connectivity index (χ0v) is 10.1. The Morgan fingerprint density at radius 3 is 2.67 bits per heavy atom. The number of thioether (sulfide) groups is 1. The van der Waals surface area contributed by atoms with Gasteiger partial charge in [-0.05, 0) is 37.8 Å². The Hall–Kier alpha value is -0.980. The lowest BCUT2D eigenvalue weighted by atomic mass is 9.82. The largest absolute Gasteiger partial charge is 0.323 e. The van der Waals surface area contributed by atoms with Gasteiger partial charge in [-0.2, -0.15) is 5.26 Å². The van der Waals surface area contributed by atoms with Gasteiger partial charge in [0.1, 0.15) is 0 Å². The number of nitrogens with two attached hydrogens (primary N) is 1. The van der Waals surface area contributed by atoms with Crippen LogP contribution in [0.25, 0.3) is 0 Å². The van der Waals surface area contributed by atoms with E-state index >= 15 is 0 Å². The number of nitrogens with zero attached hydrogens (tertiary/aromatic N) is 1. The molecule has 1 aromatic rings. The average Bonchev–Trinajstić information content (AvgIpc) is 2.28. The Morgan fingerprint density at radius 1 is 1.47 bits per heavy atom. The monoisotopic (exact) mass is 220 g/mol. The number of hydrogen-bond acceptors (Lipinski definition) is 3. The van der Waals surface area contributed by atoms with Crippen LogP contribution in [0, 0.1) is 16.7 Å². The third kappa shape index (κ3) is 2.74. The van der Waals surface area contributed by atoms with Gasteiger partial charge in [0.2, 0.25) is 0 Å². The van der Waals surface area contributed by atoms with Crippen LogP contribution in [0.15, 0.2) is 29.2 Å². The van der Waals surface area contributed by atoms with Crippen molar-refractivity contribution < 1.29 is 0 Å². The molecule has 1 aromatic carbocycles. The highest BCUT2D eigenvalue weighted by atomic mass is 32.2. The summed E-state index contributed by atoms with van der Waals surface area (Å²) in [6.45, 7) is 3.73. The lowest BCUT2D eigenvalue weighted by Gasteiger charge is -2.24. The standard InChI is InChI=1S/C12H16N2S/c1-12(2,8-13)11(14)9-5-4-6-10(7-9)15-3/h4-7,11H,14H2,1-3H3. The second-order valence-corrected chi connectivity index (χ2v) is 4.97. The minimum absolute atomic E-state index is 0.241. The number of benzene rings is 1. The Kier molecular flexibility index (Phi) is 3.78. The van der Waals surface area contributed by atoms with E-state index in [4.69, 9.17) is 11.0 Å². The van der Waals surface area contributed by atoms with Gasteiger partial charge in [0, 0.05) is 10.9 Å². The molecule has 2 nitrogen and oxygen atoms in total. The fourth-order valence-corrected chi connectivity index (χ4v) is 1.79. The summed E-state index contributed by atoms with van der Waals surface area (Å²) in [5.41, 5.74) is 6.57. The van der Waals surface area contributed by atoms with Gasteiger partial charge in [-0.1, -0.05) is 12.1 Å². The predicted molar refractivity (Wildman–Crippen MR) is 64.5 cm³/mol. The summed E-state index contributed by atoms with van der Waals surface area (Å²) >= 11 is 1.68. The third-order valence-electron chi connectivity index (χ3n) is 2.52. The molecule has 0 amide bonds. The SMILES string of the molecule is CSc1cccc(C(N)C(C)(C)C#N)c1. The van der Waals surface area contributed by atoms with E-state index in [-0.39, 0.29) is 6.04 Å². The first-order chi connectivity index (χ1) is 7.01. The topological polar surface area (TPSA) is 49.8 Å². The Labute approximate surface area is 95.5 Å². The highest BCUT2D eigenvalue weighted by Crippen LogP contribution is 2.31. The Balaban J connectivity index is 3.02. The van der Waals surface area contributed by atoms with E-state index in [1.54, 1.807) is 11.8 Å². The summed E-state index contributed by atoms with van der Waals surface area (Å²) in [4.78, 5) is 1.18. The lowest BCUT2D eigenvalue weighted by molar-refractivity contribution is 0.393. The highest BCUT2D eigenvalue weighted by molar-refractivity contribution is 7.98. The Bertz CT molecular complexity index is 379. The van der Waals surface area contributed by atoms with Crippen LogP contribution in [-0.2, 0) is 0 Å². The molecular formula is C12H16N2S. The molecule has 3 heteroatoms. The van der Waals surface area contributed by atoms with Gasteiger partial charge >= 0.3 is 0 Å². The number of rotatable bonds is 3. The molecule has 0 saturated carbocycles. The van der Waals surface area contributed by atoms with Crippen LogP contribution < -0.4 is 5.73 Å². The van der Waals surface area contributed by atoms with Crippen molar-refractivity contribution in [3.8, 4) is 6.07 Å². The maximum atomic E-state index is 9.02. The van der Waals surface area contributed by atoms with Crippen molar-refractivity contribution in [1.82, 2.24) is 0 Å². The summed E-state index contributed by atoms with van der Waals surface area (Å²) in [6.07, 6.45) is 2.03. The molecule has 0 fully saturated rings. The summed E-state index contributed by atoms with van der Waals surface area (Å²) in [5.74, 6) is 0. The summed E-state index contributed by atoms with van der Waals surface area (Å²) in [7, 11) is 0. The second-order valence-electron chi connectivity index (χ2n) is 4.09. The maximum Gasteiger partial charge on any atom is 0.0710 e. The average molecular weight is 220 g/mol. The second kappa shape index (κ2) is 4.69. The van der Waals surface area contributed by atoms with Crippen LogP contribution in [0.2, 0.25) is 0 Å².